The smallest absolute Gasteiger partial charge is 0.359 e. The van der Waals surface area contributed by atoms with Crippen LogP contribution in [0.4, 0.5) is 18.3 Å². The van der Waals surface area contributed by atoms with E-state index in [9.17, 15) is 18.0 Å². The van der Waals surface area contributed by atoms with E-state index in [-0.39, 0.29) is 0 Å². The minimum Gasteiger partial charge on any atom is -0.359 e. The summed E-state index contributed by atoms with van der Waals surface area (Å²) in [4.78, 5) is 16.3. The molecule has 1 aromatic heterocycles. The minimum atomic E-state index is -4.47. The van der Waals surface area contributed by atoms with Gasteiger partial charge in [-0.1, -0.05) is 41.7 Å². The van der Waals surface area contributed by atoms with Crippen LogP contribution in [0.15, 0.2) is 36.4 Å². The van der Waals surface area contributed by atoms with Gasteiger partial charge in [-0.15, -0.1) is 0 Å². The first kappa shape index (κ1) is 16.7. The zero-order valence-electron chi connectivity index (χ0n) is 12.6. The number of halogens is 3. The Kier molecular flexibility index (Phi) is 4.42. The summed E-state index contributed by atoms with van der Waals surface area (Å²) in [5.74, 6) is -0.664. The highest BCUT2D eigenvalue weighted by Gasteiger charge is 2.30. The number of nitrogens with one attached hydrogen (secondary N) is 1. The summed E-state index contributed by atoms with van der Waals surface area (Å²) in [6.07, 6.45) is -5.70. The third kappa shape index (κ3) is 3.65. The van der Waals surface area contributed by atoms with Gasteiger partial charge in [0.05, 0.1) is 10.2 Å². The first-order chi connectivity index (χ1) is 11.3. The van der Waals surface area contributed by atoms with Crippen LogP contribution in [0.5, 0.6) is 0 Å². The van der Waals surface area contributed by atoms with Crippen molar-refractivity contribution in [1.82, 2.24) is 4.98 Å². The second kappa shape index (κ2) is 6.37. The highest BCUT2D eigenvalue weighted by atomic mass is 32.1. The van der Waals surface area contributed by atoms with Gasteiger partial charge in [0, 0.05) is 5.39 Å². The van der Waals surface area contributed by atoms with E-state index in [0.29, 0.717) is 5.13 Å². The zero-order chi connectivity index (χ0) is 17.3. The first-order valence-electron chi connectivity index (χ1n) is 7.11. The topological polar surface area (TPSA) is 51.2 Å². The molecule has 126 valence electrons. The molecular weight excluding hydrogens is 341 g/mol. The maximum Gasteiger partial charge on any atom is 0.411 e. The fourth-order valence-corrected chi connectivity index (χ4v) is 3.10. The number of nitrogens with zero attached hydrogens (tertiary/aromatic N) is 1. The quantitative estimate of drug-likeness (QED) is 0.758. The molecule has 0 aliphatic carbocycles. The lowest BCUT2D eigenvalue weighted by atomic mass is 10.1. The summed E-state index contributed by atoms with van der Waals surface area (Å²) in [5.41, 5.74) is 0.747. The highest BCUT2D eigenvalue weighted by molar-refractivity contribution is 7.22. The van der Waals surface area contributed by atoms with Gasteiger partial charge in [0.15, 0.2) is 5.13 Å². The standard InChI is InChI=1S/C16H13F3N2O2S/c1-9(23-8-16(17,18)19)14(22)21-15-20-13-11-5-3-2-4-10(11)6-7-12(13)24-15/h2-7,9H,8H2,1H3,(H,20,21,22). The summed E-state index contributed by atoms with van der Waals surface area (Å²) in [6, 6.07) is 11.6. The fourth-order valence-electron chi connectivity index (χ4n) is 2.22. The summed E-state index contributed by atoms with van der Waals surface area (Å²) in [7, 11) is 0. The lowest BCUT2D eigenvalue weighted by Gasteiger charge is -2.13. The molecule has 0 aliphatic rings. The molecule has 8 heteroatoms. The van der Waals surface area contributed by atoms with Crippen molar-refractivity contribution in [2.45, 2.75) is 19.2 Å². The maximum atomic E-state index is 12.1. The third-order valence-corrected chi connectivity index (χ3v) is 4.32. The second-order valence-electron chi connectivity index (χ2n) is 5.21. The van der Waals surface area contributed by atoms with Crippen LogP contribution in [-0.4, -0.2) is 29.8 Å². The molecule has 4 nitrogen and oxygen atoms in total. The fraction of sp³-hybridized carbons (Fsp3) is 0.250. The van der Waals surface area contributed by atoms with Crippen molar-refractivity contribution in [1.29, 1.82) is 0 Å². The van der Waals surface area contributed by atoms with E-state index in [1.165, 1.54) is 18.3 Å². The van der Waals surface area contributed by atoms with Crippen LogP contribution in [0.25, 0.3) is 21.0 Å². The molecule has 3 aromatic rings. The van der Waals surface area contributed by atoms with Crippen LogP contribution >= 0.6 is 11.3 Å². The molecule has 0 bridgehead atoms. The summed E-state index contributed by atoms with van der Waals surface area (Å²) in [6.45, 7) is -0.199. The average Bonchev–Trinajstić information content (AvgIpc) is 2.94. The van der Waals surface area contributed by atoms with Crippen LogP contribution in [0.2, 0.25) is 0 Å². The van der Waals surface area contributed by atoms with Gasteiger partial charge in [-0.2, -0.15) is 13.2 Å². The van der Waals surface area contributed by atoms with Crippen molar-refractivity contribution in [3.63, 3.8) is 0 Å². The number of carbonyl (C=O) groups is 1. The molecule has 3 rings (SSSR count). The lowest BCUT2D eigenvalue weighted by molar-refractivity contribution is -0.184. The van der Waals surface area contributed by atoms with E-state index in [2.05, 4.69) is 15.0 Å². The van der Waals surface area contributed by atoms with Crippen LogP contribution in [0.3, 0.4) is 0 Å². The van der Waals surface area contributed by atoms with E-state index >= 15 is 0 Å². The Bertz CT molecular complexity index is 892. The van der Waals surface area contributed by atoms with E-state index in [1.807, 2.05) is 36.4 Å². The summed E-state index contributed by atoms with van der Waals surface area (Å²) in [5, 5.41) is 4.81. The van der Waals surface area contributed by atoms with E-state index in [1.54, 1.807) is 0 Å². The number of alkyl halides is 3. The number of rotatable bonds is 4. The predicted octanol–water partition coefficient (Wildman–Crippen LogP) is 4.36. The van der Waals surface area contributed by atoms with Gasteiger partial charge < -0.3 is 4.74 Å². The molecule has 1 N–H and O–H groups in total. The van der Waals surface area contributed by atoms with Crippen molar-refractivity contribution in [3.05, 3.63) is 36.4 Å². The first-order valence-corrected chi connectivity index (χ1v) is 7.93. The molecule has 24 heavy (non-hydrogen) atoms. The van der Waals surface area contributed by atoms with Crippen LogP contribution < -0.4 is 5.32 Å². The number of benzene rings is 2. The molecule has 1 heterocycles. The molecular formula is C16H13F3N2O2S. The third-order valence-electron chi connectivity index (χ3n) is 3.38. The van der Waals surface area contributed by atoms with Gasteiger partial charge >= 0.3 is 6.18 Å². The second-order valence-corrected chi connectivity index (χ2v) is 6.24. The van der Waals surface area contributed by atoms with Crippen molar-refractivity contribution in [3.8, 4) is 0 Å². The van der Waals surface area contributed by atoms with E-state index < -0.39 is 24.8 Å². The molecule has 1 atom stereocenters. The Morgan fingerprint density at radius 2 is 2.04 bits per heavy atom. The van der Waals surface area contributed by atoms with Gasteiger partial charge in [0.1, 0.15) is 12.7 Å². The SMILES string of the molecule is CC(OCC(F)(F)F)C(=O)Nc1nc2c(ccc3ccccc32)s1. The Balaban J connectivity index is 1.78. The number of carbonyl (C=O) groups excluding carboxylic acids is 1. The zero-order valence-corrected chi connectivity index (χ0v) is 13.4. The van der Waals surface area contributed by atoms with Crippen LogP contribution in [0, 0.1) is 0 Å². The Morgan fingerprint density at radius 3 is 2.79 bits per heavy atom. The highest BCUT2D eigenvalue weighted by Crippen LogP contribution is 2.31. The van der Waals surface area contributed by atoms with Gasteiger partial charge in [0.2, 0.25) is 0 Å². The van der Waals surface area contributed by atoms with Crippen molar-refractivity contribution in [2.24, 2.45) is 0 Å². The number of ether oxygens (including phenoxy) is 1. The number of fused-ring (bicyclic) bond motifs is 3. The number of aromatic nitrogens is 1. The number of thiazole rings is 1. The molecule has 1 unspecified atom stereocenters. The monoisotopic (exact) mass is 354 g/mol. The number of anilines is 1. The molecule has 0 fully saturated rings. The molecule has 0 aliphatic heterocycles. The number of hydrogen-bond donors (Lipinski definition) is 1. The van der Waals surface area contributed by atoms with Crippen LogP contribution in [0.1, 0.15) is 6.92 Å². The van der Waals surface area contributed by atoms with E-state index in [4.69, 9.17) is 0 Å². The van der Waals surface area contributed by atoms with Crippen LogP contribution in [-0.2, 0) is 9.53 Å². The summed E-state index contributed by atoms with van der Waals surface area (Å²) >= 11 is 1.26. The largest absolute Gasteiger partial charge is 0.411 e. The van der Waals surface area contributed by atoms with Crippen molar-refractivity contribution < 1.29 is 22.7 Å². The number of amides is 1. The lowest BCUT2D eigenvalue weighted by Crippen LogP contribution is -2.31. The molecule has 0 radical (unpaired) electrons. The number of hydrogen-bond acceptors (Lipinski definition) is 4. The van der Waals surface area contributed by atoms with Gasteiger partial charge in [-0.3, -0.25) is 10.1 Å². The average molecular weight is 354 g/mol. The maximum absolute atomic E-state index is 12.1. The molecule has 0 spiro atoms. The summed E-state index contributed by atoms with van der Waals surface area (Å²) < 4.78 is 41.8. The Hall–Kier alpha value is -2.19. The Morgan fingerprint density at radius 1 is 1.29 bits per heavy atom. The molecule has 1 amide bonds. The predicted molar refractivity (Wildman–Crippen MR) is 87.2 cm³/mol. The van der Waals surface area contributed by atoms with Crippen molar-refractivity contribution in [2.75, 3.05) is 11.9 Å². The molecule has 0 saturated heterocycles. The molecule has 0 saturated carbocycles. The molecule has 2 aromatic carbocycles. The minimum absolute atomic E-state index is 0.328. The normalized spacial score (nSPS) is 13.3. The van der Waals surface area contributed by atoms with E-state index in [0.717, 1.165) is 21.0 Å². The van der Waals surface area contributed by atoms with Gasteiger partial charge in [-0.25, -0.2) is 4.98 Å². The Labute approximate surface area is 139 Å². The van der Waals surface area contributed by atoms with Crippen molar-refractivity contribution >= 4 is 43.4 Å². The van der Waals surface area contributed by atoms with Gasteiger partial charge in [0.25, 0.3) is 5.91 Å². The van der Waals surface area contributed by atoms with Gasteiger partial charge in [-0.05, 0) is 18.4 Å².